The highest BCUT2D eigenvalue weighted by molar-refractivity contribution is 8.00. The summed E-state index contributed by atoms with van der Waals surface area (Å²) in [6.45, 7) is 2.58. The SMILES string of the molecule is CC(CC(O)c1ccco1)NC(=O)NCC1CCCS1. The number of hydrogen-bond donors (Lipinski definition) is 3. The fourth-order valence-electron chi connectivity index (χ4n) is 2.28. The van der Waals surface area contributed by atoms with Crippen molar-refractivity contribution in [2.24, 2.45) is 0 Å². The Kier molecular flexibility index (Phi) is 5.79. The van der Waals surface area contributed by atoms with E-state index in [2.05, 4.69) is 10.6 Å². The second kappa shape index (κ2) is 7.59. The van der Waals surface area contributed by atoms with Gasteiger partial charge in [0, 0.05) is 24.3 Å². The highest BCUT2D eigenvalue weighted by Gasteiger charge is 2.18. The predicted octanol–water partition coefficient (Wildman–Crippen LogP) is 2.29. The molecule has 0 bridgehead atoms. The number of hydrogen-bond acceptors (Lipinski definition) is 4. The van der Waals surface area contributed by atoms with Crippen LogP contribution in [0.3, 0.4) is 0 Å². The second-order valence-electron chi connectivity index (χ2n) is 5.16. The summed E-state index contributed by atoms with van der Waals surface area (Å²) in [6.07, 6.45) is 3.69. The van der Waals surface area contributed by atoms with Crippen LogP contribution in [0.1, 0.15) is 38.1 Å². The fraction of sp³-hybridized carbons (Fsp3) is 0.643. The van der Waals surface area contributed by atoms with E-state index in [1.807, 2.05) is 18.7 Å². The quantitative estimate of drug-likeness (QED) is 0.753. The predicted molar refractivity (Wildman–Crippen MR) is 79.8 cm³/mol. The zero-order chi connectivity index (χ0) is 14.4. The molecule has 112 valence electrons. The van der Waals surface area contributed by atoms with Gasteiger partial charge >= 0.3 is 6.03 Å². The first kappa shape index (κ1) is 15.3. The Bertz CT molecular complexity index is 405. The summed E-state index contributed by atoms with van der Waals surface area (Å²) in [5.74, 6) is 1.72. The van der Waals surface area contributed by atoms with Gasteiger partial charge in [-0.1, -0.05) is 0 Å². The van der Waals surface area contributed by atoms with Crippen molar-refractivity contribution in [3.8, 4) is 0 Å². The van der Waals surface area contributed by atoms with Gasteiger partial charge in [0.1, 0.15) is 11.9 Å². The molecule has 1 saturated heterocycles. The van der Waals surface area contributed by atoms with Crippen LogP contribution in [0.5, 0.6) is 0 Å². The van der Waals surface area contributed by atoms with Crippen molar-refractivity contribution in [2.75, 3.05) is 12.3 Å². The van der Waals surface area contributed by atoms with Crippen molar-refractivity contribution in [1.29, 1.82) is 0 Å². The molecule has 6 heteroatoms. The van der Waals surface area contributed by atoms with E-state index in [4.69, 9.17) is 4.42 Å². The average molecular weight is 298 g/mol. The molecular formula is C14H22N2O3S. The number of urea groups is 1. The number of aliphatic hydroxyl groups is 1. The smallest absolute Gasteiger partial charge is 0.315 e. The normalized spacial score (nSPS) is 21.4. The summed E-state index contributed by atoms with van der Waals surface area (Å²) >= 11 is 1.92. The first-order chi connectivity index (χ1) is 9.65. The molecule has 0 saturated carbocycles. The van der Waals surface area contributed by atoms with E-state index in [-0.39, 0.29) is 12.1 Å². The van der Waals surface area contributed by atoms with E-state index in [0.29, 0.717) is 24.0 Å². The number of aliphatic hydroxyl groups excluding tert-OH is 1. The molecule has 3 N–H and O–H groups in total. The van der Waals surface area contributed by atoms with Gasteiger partial charge in [-0.05, 0) is 37.7 Å². The molecule has 2 heterocycles. The summed E-state index contributed by atoms with van der Waals surface area (Å²) in [5, 5.41) is 16.2. The van der Waals surface area contributed by atoms with Crippen LogP contribution in [0, 0.1) is 0 Å². The summed E-state index contributed by atoms with van der Waals surface area (Å²) in [6, 6.07) is 3.18. The van der Waals surface area contributed by atoms with Crippen LogP contribution in [0.2, 0.25) is 0 Å². The third-order valence-corrected chi connectivity index (χ3v) is 4.74. The number of thioether (sulfide) groups is 1. The lowest BCUT2D eigenvalue weighted by atomic mass is 10.1. The highest BCUT2D eigenvalue weighted by Crippen LogP contribution is 2.25. The van der Waals surface area contributed by atoms with Crippen LogP contribution in [-0.2, 0) is 0 Å². The van der Waals surface area contributed by atoms with Gasteiger partial charge in [-0.3, -0.25) is 0 Å². The van der Waals surface area contributed by atoms with Crippen LogP contribution in [-0.4, -0.2) is 34.7 Å². The Morgan fingerprint density at radius 2 is 2.50 bits per heavy atom. The molecule has 1 aliphatic rings. The Balaban J connectivity index is 1.65. The maximum atomic E-state index is 11.7. The average Bonchev–Trinajstić information content (AvgIpc) is 3.09. The van der Waals surface area contributed by atoms with E-state index in [0.717, 1.165) is 0 Å². The van der Waals surface area contributed by atoms with Gasteiger partial charge in [-0.15, -0.1) is 0 Å². The first-order valence-corrected chi connectivity index (χ1v) is 8.07. The lowest BCUT2D eigenvalue weighted by Crippen LogP contribution is -2.43. The number of rotatable bonds is 6. The van der Waals surface area contributed by atoms with Gasteiger partial charge in [-0.2, -0.15) is 11.8 Å². The number of furan rings is 1. The molecule has 0 aliphatic carbocycles. The van der Waals surface area contributed by atoms with E-state index >= 15 is 0 Å². The summed E-state index contributed by atoms with van der Waals surface area (Å²) < 4.78 is 5.14. The van der Waals surface area contributed by atoms with Crippen LogP contribution in [0.15, 0.2) is 22.8 Å². The minimum absolute atomic E-state index is 0.119. The Hall–Kier alpha value is -1.14. The standard InChI is InChI=1S/C14H22N2O3S/c1-10(8-12(17)13-5-2-6-19-13)16-14(18)15-9-11-4-3-7-20-11/h2,5-6,10-12,17H,3-4,7-9H2,1H3,(H2,15,16,18). The van der Waals surface area contributed by atoms with Crippen molar-refractivity contribution in [3.63, 3.8) is 0 Å². The molecule has 0 aromatic carbocycles. The van der Waals surface area contributed by atoms with Crippen molar-refractivity contribution in [2.45, 2.75) is 43.6 Å². The minimum Gasteiger partial charge on any atom is -0.467 e. The van der Waals surface area contributed by atoms with E-state index < -0.39 is 6.10 Å². The second-order valence-corrected chi connectivity index (χ2v) is 6.57. The molecule has 0 radical (unpaired) electrons. The van der Waals surface area contributed by atoms with Gasteiger partial charge in [-0.25, -0.2) is 4.79 Å². The van der Waals surface area contributed by atoms with Crippen LogP contribution in [0.25, 0.3) is 0 Å². The molecule has 1 aromatic heterocycles. The van der Waals surface area contributed by atoms with Gasteiger partial charge < -0.3 is 20.2 Å². The molecule has 1 aromatic rings. The molecular weight excluding hydrogens is 276 g/mol. The maximum absolute atomic E-state index is 11.7. The number of carbonyl (C=O) groups excluding carboxylic acids is 1. The van der Waals surface area contributed by atoms with Gasteiger partial charge in [0.15, 0.2) is 0 Å². The van der Waals surface area contributed by atoms with Gasteiger partial charge in [0.2, 0.25) is 0 Å². The molecule has 0 spiro atoms. The topological polar surface area (TPSA) is 74.5 Å². The maximum Gasteiger partial charge on any atom is 0.315 e. The first-order valence-electron chi connectivity index (χ1n) is 7.02. The zero-order valence-electron chi connectivity index (χ0n) is 11.7. The third kappa shape index (κ3) is 4.76. The molecule has 3 atom stereocenters. The Morgan fingerprint density at radius 3 is 3.15 bits per heavy atom. The van der Waals surface area contributed by atoms with E-state index in [1.165, 1.54) is 24.9 Å². The van der Waals surface area contributed by atoms with Gasteiger partial charge in [0.05, 0.1) is 6.26 Å². The van der Waals surface area contributed by atoms with Crippen LogP contribution < -0.4 is 10.6 Å². The van der Waals surface area contributed by atoms with E-state index in [9.17, 15) is 9.90 Å². The van der Waals surface area contributed by atoms with Crippen molar-refractivity contribution < 1.29 is 14.3 Å². The van der Waals surface area contributed by atoms with E-state index in [1.54, 1.807) is 12.1 Å². The largest absolute Gasteiger partial charge is 0.467 e. The summed E-state index contributed by atoms with van der Waals surface area (Å²) in [7, 11) is 0. The molecule has 2 rings (SSSR count). The number of nitrogens with one attached hydrogen (secondary N) is 2. The minimum atomic E-state index is -0.689. The van der Waals surface area contributed by atoms with Crippen molar-refractivity contribution >= 4 is 17.8 Å². The molecule has 3 unspecified atom stereocenters. The fourth-order valence-corrected chi connectivity index (χ4v) is 3.48. The zero-order valence-corrected chi connectivity index (χ0v) is 12.5. The number of amides is 2. The Labute approximate surface area is 123 Å². The monoisotopic (exact) mass is 298 g/mol. The molecule has 5 nitrogen and oxygen atoms in total. The number of carbonyl (C=O) groups is 1. The molecule has 1 aliphatic heterocycles. The molecule has 1 fully saturated rings. The summed E-state index contributed by atoms with van der Waals surface area (Å²) in [4.78, 5) is 11.7. The van der Waals surface area contributed by atoms with Crippen molar-refractivity contribution in [1.82, 2.24) is 10.6 Å². The van der Waals surface area contributed by atoms with Crippen LogP contribution in [0.4, 0.5) is 4.79 Å². The van der Waals surface area contributed by atoms with Gasteiger partial charge in [0.25, 0.3) is 0 Å². The Morgan fingerprint density at radius 1 is 1.65 bits per heavy atom. The lowest BCUT2D eigenvalue weighted by molar-refractivity contribution is 0.129. The van der Waals surface area contributed by atoms with Crippen LogP contribution >= 0.6 is 11.8 Å². The summed E-state index contributed by atoms with van der Waals surface area (Å²) in [5.41, 5.74) is 0. The molecule has 20 heavy (non-hydrogen) atoms. The lowest BCUT2D eigenvalue weighted by Gasteiger charge is -2.18. The third-order valence-electron chi connectivity index (χ3n) is 3.34. The highest BCUT2D eigenvalue weighted by atomic mass is 32.2. The molecule has 2 amide bonds. The van der Waals surface area contributed by atoms with Crippen molar-refractivity contribution in [3.05, 3.63) is 24.2 Å².